The number of aliphatic carboxylic acids is 1. The van der Waals surface area contributed by atoms with Crippen LogP contribution in [0.4, 0.5) is 0 Å². The number of amides is 1. The number of esters is 1. The fourth-order valence-corrected chi connectivity index (χ4v) is 6.73. The molecule has 6 rings (SSSR count). The predicted octanol–water partition coefficient (Wildman–Crippen LogP) is 3.33. The maximum atomic E-state index is 12.8. The van der Waals surface area contributed by atoms with E-state index in [1.165, 1.54) is 0 Å². The molecule has 9 atom stereocenters. The minimum absolute atomic E-state index is 0.0144. The lowest BCUT2D eigenvalue weighted by Gasteiger charge is -2.59. The molecule has 0 aromatic heterocycles. The first-order valence-electron chi connectivity index (χ1n) is 13.6. The maximum absolute atomic E-state index is 12.8. The topological polar surface area (TPSA) is 130 Å². The summed E-state index contributed by atoms with van der Waals surface area (Å²) >= 11 is 0. The number of hydrogen-bond acceptors (Lipinski definition) is 8. The molecule has 2 N–H and O–H groups in total. The van der Waals surface area contributed by atoms with Gasteiger partial charge in [-0.25, -0.2) is 14.6 Å². The third-order valence-corrected chi connectivity index (χ3v) is 8.82. The van der Waals surface area contributed by atoms with E-state index in [-0.39, 0.29) is 37.0 Å². The fourth-order valence-electron chi connectivity index (χ4n) is 6.73. The van der Waals surface area contributed by atoms with Crippen LogP contribution in [0.1, 0.15) is 64.9 Å². The summed E-state index contributed by atoms with van der Waals surface area (Å²) in [5, 5.41) is 12.0. The predicted molar refractivity (Wildman–Crippen MR) is 132 cm³/mol. The Kier molecular flexibility index (Phi) is 7.52. The molecule has 1 aromatic rings. The average Bonchev–Trinajstić information content (AvgIpc) is 3.12. The summed E-state index contributed by atoms with van der Waals surface area (Å²) < 4.78 is 18.2. The number of carboxylic acid groups (broad SMARTS) is 1. The molecule has 208 valence electrons. The van der Waals surface area contributed by atoms with Gasteiger partial charge < -0.3 is 24.6 Å². The Labute approximate surface area is 222 Å². The van der Waals surface area contributed by atoms with Crippen molar-refractivity contribution in [2.45, 2.75) is 95.7 Å². The summed E-state index contributed by atoms with van der Waals surface area (Å²) in [6.07, 6.45) is 1.67. The number of carbonyl (C=O) groups excluding carboxylic acids is 2. The third-order valence-electron chi connectivity index (χ3n) is 8.82. The largest absolute Gasteiger partial charge is 0.480 e. The van der Waals surface area contributed by atoms with Crippen molar-refractivity contribution in [3.8, 4) is 0 Å². The molecule has 0 unspecified atom stereocenters. The molecule has 4 aliphatic heterocycles. The van der Waals surface area contributed by atoms with E-state index in [0.717, 1.165) is 24.8 Å². The van der Waals surface area contributed by atoms with Crippen LogP contribution in [-0.2, 0) is 44.8 Å². The average molecular weight is 532 g/mol. The number of nitrogens with one attached hydrogen (secondary N) is 1. The normalized spacial score (nSPS) is 38.4. The highest BCUT2D eigenvalue weighted by atomic mass is 17.3. The Balaban J connectivity index is 1.19. The number of carbonyl (C=O) groups is 3. The molecule has 1 spiro atoms. The summed E-state index contributed by atoms with van der Waals surface area (Å²) in [6, 6.07) is 7.95. The Morgan fingerprint density at radius 1 is 1.08 bits per heavy atom. The highest BCUT2D eigenvalue weighted by Gasteiger charge is 2.69. The summed E-state index contributed by atoms with van der Waals surface area (Å²) in [7, 11) is 0. The molecule has 1 aliphatic carbocycles. The van der Waals surface area contributed by atoms with E-state index in [4.69, 9.17) is 24.0 Å². The standard InChI is InChI=1S/C28H37NO9/c1-16-9-10-20-17(2)25(35-26-28(20)19(16)13-14-27(3,36-26)37-38-28)34-23(31)12-11-22(30)29-21(24(32)33)15-18-7-5-4-6-8-18/h4-8,16-17,19-21,25-26H,9-15H2,1-3H3,(H,29,30)(H,32,33)/t16-,17-,19+,20+,21-,25-,26-,27+,28-/m1/s1. The van der Waals surface area contributed by atoms with Gasteiger partial charge in [-0.2, -0.15) is 0 Å². The molecular formula is C28H37NO9. The smallest absolute Gasteiger partial charge is 0.326 e. The summed E-state index contributed by atoms with van der Waals surface area (Å²) in [5.41, 5.74) is 0.0401. The van der Waals surface area contributed by atoms with Crippen molar-refractivity contribution in [3.05, 3.63) is 35.9 Å². The van der Waals surface area contributed by atoms with E-state index >= 15 is 0 Å². The van der Waals surface area contributed by atoms with Crippen LogP contribution >= 0.6 is 0 Å². The van der Waals surface area contributed by atoms with Gasteiger partial charge in [-0.1, -0.05) is 44.2 Å². The first-order valence-corrected chi connectivity index (χ1v) is 13.6. The molecule has 1 aromatic carbocycles. The Morgan fingerprint density at radius 2 is 1.84 bits per heavy atom. The van der Waals surface area contributed by atoms with E-state index in [9.17, 15) is 19.5 Å². The van der Waals surface area contributed by atoms with Crippen LogP contribution in [0.2, 0.25) is 0 Å². The minimum atomic E-state index is -1.14. The second-order valence-electron chi connectivity index (χ2n) is 11.4. The van der Waals surface area contributed by atoms with Crippen LogP contribution in [0, 0.1) is 23.7 Å². The summed E-state index contributed by atoms with van der Waals surface area (Å²) in [5.74, 6) is -2.72. The SMILES string of the molecule is C[C@H]1[C@H](OC(=O)CCC(=O)N[C@H](Cc2ccccc2)C(=O)O)O[C@@H]2O[C@]3(C)CC[C@H]4[C@H](C)CC[C@@H]1[C@@]24OO3. The fraction of sp³-hybridized carbons (Fsp3) is 0.679. The van der Waals surface area contributed by atoms with Crippen molar-refractivity contribution in [3.63, 3.8) is 0 Å². The molecule has 10 heteroatoms. The number of fused-ring (bicyclic) bond motifs is 2. The molecule has 10 nitrogen and oxygen atoms in total. The van der Waals surface area contributed by atoms with Gasteiger partial charge in [-0.05, 0) is 43.6 Å². The van der Waals surface area contributed by atoms with Gasteiger partial charge in [0.05, 0.1) is 6.42 Å². The molecule has 1 amide bonds. The minimum Gasteiger partial charge on any atom is -0.480 e. The van der Waals surface area contributed by atoms with Gasteiger partial charge in [-0.15, -0.1) is 0 Å². The lowest BCUT2D eigenvalue weighted by atomic mass is 9.58. The maximum Gasteiger partial charge on any atom is 0.326 e. The van der Waals surface area contributed by atoms with Gasteiger partial charge in [0, 0.05) is 31.1 Å². The lowest BCUT2D eigenvalue weighted by Crippen LogP contribution is -2.70. The van der Waals surface area contributed by atoms with Crippen LogP contribution in [0.25, 0.3) is 0 Å². The monoisotopic (exact) mass is 531 g/mol. The van der Waals surface area contributed by atoms with E-state index in [1.807, 2.05) is 19.9 Å². The van der Waals surface area contributed by atoms with Crippen LogP contribution < -0.4 is 5.32 Å². The Bertz CT molecular complexity index is 1050. The first kappa shape index (κ1) is 27.1. The zero-order valence-electron chi connectivity index (χ0n) is 22.1. The number of rotatable bonds is 8. The Hall–Kier alpha value is -2.53. The number of benzene rings is 1. The van der Waals surface area contributed by atoms with Crippen LogP contribution in [0.3, 0.4) is 0 Å². The molecule has 0 radical (unpaired) electrons. The third kappa shape index (κ3) is 5.06. The van der Waals surface area contributed by atoms with Crippen LogP contribution in [0.5, 0.6) is 0 Å². The Morgan fingerprint density at radius 3 is 2.58 bits per heavy atom. The van der Waals surface area contributed by atoms with Gasteiger partial charge in [0.15, 0.2) is 11.9 Å². The second kappa shape index (κ2) is 10.6. The van der Waals surface area contributed by atoms with E-state index in [0.29, 0.717) is 12.3 Å². The van der Waals surface area contributed by atoms with Crippen LogP contribution in [0.15, 0.2) is 30.3 Å². The zero-order valence-corrected chi connectivity index (χ0v) is 22.1. The number of hydrogen-bond donors (Lipinski definition) is 2. The molecule has 2 bridgehead atoms. The van der Waals surface area contributed by atoms with Crippen LogP contribution in [-0.4, -0.2) is 53.0 Å². The number of ether oxygens (including phenoxy) is 3. The van der Waals surface area contributed by atoms with Crippen molar-refractivity contribution in [2.75, 3.05) is 0 Å². The van der Waals surface area contributed by atoms with Crippen molar-refractivity contribution in [2.24, 2.45) is 23.7 Å². The summed E-state index contributed by atoms with van der Waals surface area (Å²) in [6.45, 7) is 6.05. The van der Waals surface area contributed by atoms with E-state index in [1.54, 1.807) is 24.3 Å². The molecule has 5 fully saturated rings. The van der Waals surface area contributed by atoms with Gasteiger partial charge in [0.25, 0.3) is 0 Å². The lowest BCUT2D eigenvalue weighted by molar-refractivity contribution is -0.576. The first-order chi connectivity index (χ1) is 18.1. The van der Waals surface area contributed by atoms with Crippen molar-refractivity contribution in [1.82, 2.24) is 5.32 Å². The molecule has 5 aliphatic rings. The zero-order chi connectivity index (χ0) is 27.1. The van der Waals surface area contributed by atoms with Crippen molar-refractivity contribution < 1.29 is 43.5 Å². The molecular weight excluding hydrogens is 494 g/mol. The van der Waals surface area contributed by atoms with Crippen molar-refractivity contribution in [1.29, 1.82) is 0 Å². The van der Waals surface area contributed by atoms with E-state index in [2.05, 4.69) is 12.2 Å². The molecule has 1 saturated carbocycles. The highest BCUT2D eigenvalue weighted by molar-refractivity contribution is 5.86. The summed E-state index contributed by atoms with van der Waals surface area (Å²) in [4.78, 5) is 48.8. The van der Waals surface area contributed by atoms with Gasteiger partial charge in [0.1, 0.15) is 6.04 Å². The van der Waals surface area contributed by atoms with Crippen molar-refractivity contribution >= 4 is 17.8 Å². The molecule has 4 saturated heterocycles. The highest BCUT2D eigenvalue weighted by Crippen LogP contribution is 2.60. The van der Waals surface area contributed by atoms with Gasteiger partial charge in [0.2, 0.25) is 18.0 Å². The molecule has 38 heavy (non-hydrogen) atoms. The second-order valence-corrected chi connectivity index (χ2v) is 11.4. The van der Waals surface area contributed by atoms with E-state index < -0.39 is 47.9 Å². The van der Waals surface area contributed by atoms with Gasteiger partial charge in [-0.3, -0.25) is 9.59 Å². The quantitative estimate of drug-likeness (QED) is 0.383. The number of carboxylic acids is 1. The molecule has 4 heterocycles. The van der Waals surface area contributed by atoms with Gasteiger partial charge >= 0.3 is 11.9 Å².